The molecule has 0 aromatic carbocycles. The van der Waals surface area contributed by atoms with Gasteiger partial charge in [-0.2, -0.15) is 0 Å². The van der Waals surface area contributed by atoms with Crippen LogP contribution in [0.1, 0.15) is 22.9 Å². The third kappa shape index (κ3) is 5.66. The summed E-state index contributed by atoms with van der Waals surface area (Å²) in [6.45, 7) is 3.47. The molecule has 1 unspecified atom stereocenters. The summed E-state index contributed by atoms with van der Waals surface area (Å²) in [4.78, 5) is 31.0. The zero-order valence-corrected chi connectivity index (χ0v) is 15.7. The van der Waals surface area contributed by atoms with Gasteiger partial charge in [0.05, 0.1) is 25.7 Å². The van der Waals surface area contributed by atoms with Gasteiger partial charge in [-0.1, -0.05) is 12.1 Å². The number of morpholine rings is 1. The lowest BCUT2D eigenvalue weighted by atomic mass is 10.1. The number of nitrogens with zero attached hydrogens (tertiary/aromatic N) is 2. The van der Waals surface area contributed by atoms with E-state index < -0.39 is 12.1 Å². The monoisotopic (exact) mass is 389 g/mol. The van der Waals surface area contributed by atoms with Crippen molar-refractivity contribution in [1.82, 2.24) is 15.6 Å². The quantitative estimate of drug-likeness (QED) is 0.663. The molecule has 0 radical (unpaired) electrons. The molecule has 3 rings (SSSR count). The summed E-state index contributed by atoms with van der Waals surface area (Å²) < 4.78 is 5.34. The number of rotatable bonds is 7. The summed E-state index contributed by atoms with van der Waals surface area (Å²) in [5, 5.41) is 7.37. The first-order valence-electron chi connectivity index (χ1n) is 8.75. The van der Waals surface area contributed by atoms with Gasteiger partial charge < -0.3 is 26.0 Å². The van der Waals surface area contributed by atoms with E-state index >= 15 is 0 Å². The van der Waals surface area contributed by atoms with Gasteiger partial charge in [0, 0.05) is 30.7 Å². The minimum absolute atomic E-state index is 0.128. The van der Waals surface area contributed by atoms with E-state index in [4.69, 9.17) is 10.5 Å². The number of thiophene rings is 1. The summed E-state index contributed by atoms with van der Waals surface area (Å²) in [7, 11) is 0. The van der Waals surface area contributed by atoms with Crippen molar-refractivity contribution < 1.29 is 14.3 Å². The fourth-order valence-corrected chi connectivity index (χ4v) is 3.62. The van der Waals surface area contributed by atoms with Crippen molar-refractivity contribution in [3.05, 3.63) is 46.3 Å². The van der Waals surface area contributed by atoms with Crippen LogP contribution < -0.4 is 21.3 Å². The molecule has 1 aliphatic heterocycles. The molecule has 2 aromatic heterocycles. The standard InChI is InChI=1S/C18H23N5O3S/c19-18(25)22-14(15-2-1-9-27-15)10-17(24)21-12-13-3-4-16(20-11-13)23-5-7-26-8-6-23/h1-4,9,11,14H,5-8,10,12H2,(H,21,24)(H3,19,22,25). The molecule has 1 atom stereocenters. The second-order valence-corrected chi connectivity index (χ2v) is 7.16. The molecule has 1 aliphatic rings. The minimum atomic E-state index is -0.649. The lowest BCUT2D eigenvalue weighted by Gasteiger charge is -2.27. The summed E-state index contributed by atoms with van der Waals surface area (Å²) in [6, 6.07) is 6.57. The summed E-state index contributed by atoms with van der Waals surface area (Å²) >= 11 is 1.47. The van der Waals surface area contributed by atoms with Crippen molar-refractivity contribution in [2.45, 2.75) is 19.0 Å². The molecule has 0 bridgehead atoms. The highest BCUT2D eigenvalue weighted by molar-refractivity contribution is 7.10. The van der Waals surface area contributed by atoms with Crippen LogP contribution in [0.15, 0.2) is 35.8 Å². The molecule has 144 valence electrons. The predicted octanol–water partition coefficient (Wildman–Crippen LogP) is 1.40. The van der Waals surface area contributed by atoms with E-state index in [2.05, 4.69) is 20.5 Å². The van der Waals surface area contributed by atoms with Crippen LogP contribution in [0.5, 0.6) is 0 Å². The Morgan fingerprint density at radius 2 is 2.11 bits per heavy atom. The van der Waals surface area contributed by atoms with E-state index in [0.29, 0.717) is 19.8 Å². The maximum absolute atomic E-state index is 12.3. The average molecular weight is 389 g/mol. The van der Waals surface area contributed by atoms with E-state index in [1.165, 1.54) is 11.3 Å². The molecule has 3 amide bonds. The first-order valence-corrected chi connectivity index (χ1v) is 9.63. The maximum Gasteiger partial charge on any atom is 0.312 e. The highest BCUT2D eigenvalue weighted by Gasteiger charge is 2.18. The Balaban J connectivity index is 1.51. The smallest absolute Gasteiger partial charge is 0.312 e. The molecule has 1 fully saturated rings. The molecular formula is C18H23N5O3S. The number of hydrogen-bond acceptors (Lipinski definition) is 6. The molecule has 3 heterocycles. The van der Waals surface area contributed by atoms with Crippen LogP contribution in [0.3, 0.4) is 0 Å². The Labute approximate surface area is 161 Å². The lowest BCUT2D eigenvalue weighted by molar-refractivity contribution is -0.121. The third-order valence-corrected chi connectivity index (χ3v) is 5.21. The Kier molecular flexibility index (Phi) is 6.61. The van der Waals surface area contributed by atoms with Crippen molar-refractivity contribution >= 4 is 29.1 Å². The van der Waals surface area contributed by atoms with Crippen LogP contribution in [0.2, 0.25) is 0 Å². The van der Waals surface area contributed by atoms with E-state index in [9.17, 15) is 9.59 Å². The van der Waals surface area contributed by atoms with E-state index in [-0.39, 0.29) is 12.3 Å². The molecule has 8 nitrogen and oxygen atoms in total. The van der Waals surface area contributed by atoms with Gasteiger partial charge in [0.15, 0.2) is 0 Å². The van der Waals surface area contributed by atoms with Gasteiger partial charge >= 0.3 is 6.03 Å². The largest absolute Gasteiger partial charge is 0.378 e. The SMILES string of the molecule is NC(=O)NC(CC(=O)NCc1ccc(N2CCOCC2)nc1)c1cccs1. The van der Waals surface area contributed by atoms with Crippen LogP contribution >= 0.6 is 11.3 Å². The van der Waals surface area contributed by atoms with Gasteiger partial charge in [0.25, 0.3) is 0 Å². The first-order chi connectivity index (χ1) is 13.1. The summed E-state index contributed by atoms with van der Waals surface area (Å²) in [5.74, 6) is 0.746. The number of aromatic nitrogens is 1. The molecule has 27 heavy (non-hydrogen) atoms. The molecule has 0 spiro atoms. The van der Waals surface area contributed by atoms with E-state index in [1.807, 2.05) is 29.6 Å². The number of nitrogens with two attached hydrogens (primary N) is 1. The normalized spacial score (nSPS) is 15.2. The Morgan fingerprint density at radius 3 is 2.74 bits per heavy atom. The molecule has 4 N–H and O–H groups in total. The predicted molar refractivity (Wildman–Crippen MR) is 104 cm³/mol. The van der Waals surface area contributed by atoms with Crippen LogP contribution in [0.25, 0.3) is 0 Å². The van der Waals surface area contributed by atoms with Crippen molar-refractivity contribution in [3.63, 3.8) is 0 Å². The van der Waals surface area contributed by atoms with Gasteiger partial charge in [0.1, 0.15) is 5.82 Å². The molecule has 9 heteroatoms. The minimum Gasteiger partial charge on any atom is -0.378 e. The summed E-state index contributed by atoms with van der Waals surface area (Å²) in [6.07, 6.45) is 1.90. The first kappa shape index (κ1) is 19.1. The number of anilines is 1. The van der Waals surface area contributed by atoms with Crippen molar-refractivity contribution in [2.75, 3.05) is 31.2 Å². The van der Waals surface area contributed by atoms with Crippen LogP contribution in [-0.2, 0) is 16.1 Å². The molecule has 0 saturated carbocycles. The zero-order valence-electron chi connectivity index (χ0n) is 14.9. The van der Waals surface area contributed by atoms with Crippen LogP contribution in [0.4, 0.5) is 10.6 Å². The number of hydrogen-bond donors (Lipinski definition) is 3. The fraction of sp³-hybridized carbons (Fsp3) is 0.389. The number of amides is 3. The molecule has 0 aliphatic carbocycles. The van der Waals surface area contributed by atoms with Gasteiger partial charge in [-0.05, 0) is 23.1 Å². The Hall–Kier alpha value is -2.65. The molecular weight excluding hydrogens is 366 g/mol. The molecule has 2 aromatic rings. The lowest BCUT2D eigenvalue weighted by Crippen LogP contribution is -2.37. The van der Waals surface area contributed by atoms with Crippen molar-refractivity contribution in [2.24, 2.45) is 5.73 Å². The number of carbonyl (C=O) groups excluding carboxylic acids is 2. The Morgan fingerprint density at radius 1 is 1.30 bits per heavy atom. The fourth-order valence-electron chi connectivity index (χ4n) is 2.84. The van der Waals surface area contributed by atoms with Crippen LogP contribution in [-0.4, -0.2) is 43.2 Å². The highest BCUT2D eigenvalue weighted by Crippen LogP contribution is 2.22. The topological polar surface area (TPSA) is 110 Å². The Bertz CT molecular complexity index is 745. The van der Waals surface area contributed by atoms with Gasteiger partial charge in [-0.25, -0.2) is 9.78 Å². The maximum atomic E-state index is 12.3. The number of pyridine rings is 1. The number of carbonyl (C=O) groups is 2. The van der Waals surface area contributed by atoms with Crippen LogP contribution in [0, 0.1) is 0 Å². The number of ether oxygens (including phenoxy) is 1. The molecule has 1 saturated heterocycles. The number of nitrogens with one attached hydrogen (secondary N) is 2. The summed E-state index contributed by atoms with van der Waals surface area (Å²) in [5.41, 5.74) is 6.13. The van der Waals surface area contributed by atoms with Gasteiger partial charge in [-0.3, -0.25) is 4.79 Å². The number of urea groups is 1. The second kappa shape index (κ2) is 9.33. The van der Waals surface area contributed by atoms with Crippen molar-refractivity contribution in [3.8, 4) is 0 Å². The zero-order chi connectivity index (χ0) is 19.1. The average Bonchev–Trinajstić information content (AvgIpc) is 3.21. The number of primary amides is 1. The highest BCUT2D eigenvalue weighted by atomic mass is 32.1. The third-order valence-electron chi connectivity index (χ3n) is 4.23. The van der Waals surface area contributed by atoms with Crippen molar-refractivity contribution in [1.29, 1.82) is 0 Å². The van der Waals surface area contributed by atoms with E-state index in [1.54, 1.807) is 6.20 Å². The van der Waals surface area contributed by atoms with Gasteiger partial charge in [0.2, 0.25) is 5.91 Å². The van der Waals surface area contributed by atoms with E-state index in [0.717, 1.165) is 29.3 Å². The van der Waals surface area contributed by atoms with Gasteiger partial charge in [-0.15, -0.1) is 11.3 Å². The second-order valence-electron chi connectivity index (χ2n) is 6.18.